The van der Waals surface area contributed by atoms with Crippen molar-refractivity contribution in [2.75, 3.05) is 4.72 Å². The quantitative estimate of drug-likeness (QED) is 0.350. The summed E-state index contributed by atoms with van der Waals surface area (Å²) in [5, 5.41) is 0. The molecule has 8 heteroatoms. The largest absolute Gasteiger partial charge is 0.308 e. The Kier molecular flexibility index (Phi) is 6.22. The van der Waals surface area contributed by atoms with Crippen LogP contribution in [-0.4, -0.2) is 13.0 Å². The van der Waals surface area contributed by atoms with Crippen LogP contribution in [0, 0.1) is 0 Å². The lowest BCUT2D eigenvalue weighted by Crippen LogP contribution is -2.15. The maximum Gasteiger partial charge on any atom is 0.308 e. The van der Waals surface area contributed by atoms with Crippen LogP contribution < -0.4 is 9.60 Å². The van der Waals surface area contributed by atoms with Gasteiger partial charge in [0.1, 0.15) is 0 Å². The molecule has 160 valence electrons. The minimum atomic E-state index is -3.76. The standard InChI is InChI=1S/C23H22N2O3S3/c1-16(2)25-21-13-12-20(14-22(21)30-23(25)26)31(27,28)24-18-10-8-17(9-11-18)15-29-19-6-4-3-5-7-19/h3-14,16,24H,15H2,1-2H3. The summed E-state index contributed by atoms with van der Waals surface area (Å²) in [6.45, 7) is 3.86. The molecule has 4 rings (SSSR count). The summed E-state index contributed by atoms with van der Waals surface area (Å²) in [6.07, 6.45) is 0. The number of hydrogen-bond donors (Lipinski definition) is 1. The fourth-order valence-corrected chi connectivity index (χ4v) is 6.33. The van der Waals surface area contributed by atoms with Gasteiger partial charge in [-0.15, -0.1) is 11.8 Å². The Bertz CT molecular complexity index is 1360. The molecule has 0 radical (unpaired) electrons. The molecule has 0 atom stereocenters. The Labute approximate surface area is 189 Å². The topological polar surface area (TPSA) is 68.2 Å². The summed E-state index contributed by atoms with van der Waals surface area (Å²) in [5.74, 6) is 0.805. The zero-order chi connectivity index (χ0) is 22.0. The monoisotopic (exact) mass is 470 g/mol. The summed E-state index contributed by atoms with van der Waals surface area (Å²) in [7, 11) is -3.76. The molecule has 0 aliphatic heterocycles. The number of nitrogens with zero attached hydrogens (tertiary/aromatic N) is 1. The molecule has 1 aromatic heterocycles. The molecule has 1 N–H and O–H groups in total. The van der Waals surface area contributed by atoms with E-state index in [0.717, 1.165) is 28.2 Å². The third-order valence-corrected chi connectivity index (χ3v) is 8.15. The van der Waals surface area contributed by atoms with E-state index in [1.54, 1.807) is 46.7 Å². The first-order valence-electron chi connectivity index (χ1n) is 9.78. The van der Waals surface area contributed by atoms with E-state index in [0.29, 0.717) is 10.4 Å². The maximum atomic E-state index is 12.9. The average Bonchev–Trinajstić information content (AvgIpc) is 3.09. The average molecular weight is 471 g/mol. The summed E-state index contributed by atoms with van der Waals surface area (Å²) >= 11 is 2.79. The molecule has 1 heterocycles. The molecule has 0 spiro atoms. The fourth-order valence-electron chi connectivity index (χ4n) is 3.24. The van der Waals surface area contributed by atoms with Crippen molar-refractivity contribution in [3.05, 3.63) is 88.0 Å². The molecule has 0 aliphatic carbocycles. The highest BCUT2D eigenvalue weighted by Crippen LogP contribution is 2.26. The number of rotatable bonds is 7. The number of nitrogens with one attached hydrogen (secondary N) is 1. The Morgan fingerprint density at radius 3 is 2.39 bits per heavy atom. The summed E-state index contributed by atoms with van der Waals surface area (Å²) < 4.78 is 30.7. The van der Waals surface area contributed by atoms with Crippen molar-refractivity contribution >= 4 is 49.0 Å². The molecule has 0 saturated heterocycles. The van der Waals surface area contributed by atoms with Crippen LogP contribution in [0.5, 0.6) is 0 Å². The van der Waals surface area contributed by atoms with Crippen LogP contribution in [0.15, 0.2) is 87.4 Å². The van der Waals surface area contributed by atoms with Crippen molar-refractivity contribution in [1.82, 2.24) is 4.57 Å². The summed E-state index contributed by atoms with van der Waals surface area (Å²) in [5.41, 5.74) is 2.36. The molecule has 3 aromatic carbocycles. The Hall–Kier alpha value is -2.55. The number of aromatic nitrogens is 1. The lowest BCUT2D eigenvalue weighted by Gasteiger charge is -2.10. The molecule has 0 saturated carbocycles. The second-order valence-corrected chi connectivity index (χ2v) is 11.1. The van der Waals surface area contributed by atoms with E-state index < -0.39 is 10.0 Å². The van der Waals surface area contributed by atoms with Gasteiger partial charge < -0.3 is 0 Å². The van der Waals surface area contributed by atoms with E-state index in [9.17, 15) is 13.2 Å². The predicted molar refractivity (Wildman–Crippen MR) is 130 cm³/mol. The van der Waals surface area contributed by atoms with Crippen molar-refractivity contribution in [2.24, 2.45) is 0 Å². The molecule has 5 nitrogen and oxygen atoms in total. The number of sulfonamides is 1. The second kappa shape index (κ2) is 8.90. The van der Waals surface area contributed by atoms with Gasteiger partial charge in [0, 0.05) is 22.4 Å². The van der Waals surface area contributed by atoms with Gasteiger partial charge in [0.25, 0.3) is 10.0 Å². The SMILES string of the molecule is CC(C)n1c(=O)sc2cc(S(=O)(=O)Nc3ccc(CSc4ccccc4)cc3)ccc21. The molecular weight excluding hydrogens is 448 g/mol. The molecule has 0 fully saturated rings. The molecule has 0 aliphatic rings. The van der Waals surface area contributed by atoms with E-state index >= 15 is 0 Å². The molecule has 0 amide bonds. The van der Waals surface area contributed by atoms with Crippen LogP contribution >= 0.6 is 23.1 Å². The highest BCUT2D eigenvalue weighted by atomic mass is 32.2. The normalized spacial score (nSPS) is 11.8. The highest BCUT2D eigenvalue weighted by Gasteiger charge is 2.18. The molecule has 0 bridgehead atoms. The Balaban J connectivity index is 1.50. The first-order chi connectivity index (χ1) is 14.8. The maximum absolute atomic E-state index is 12.9. The van der Waals surface area contributed by atoms with Gasteiger partial charge in [-0.3, -0.25) is 14.1 Å². The van der Waals surface area contributed by atoms with Crippen molar-refractivity contribution in [2.45, 2.75) is 35.4 Å². The van der Waals surface area contributed by atoms with Gasteiger partial charge in [0.15, 0.2) is 0 Å². The zero-order valence-electron chi connectivity index (χ0n) is 17.1. The van der Waals surface area contributed by atoms with E-state index in [4.69, 9.17) is 0 Å². The zero-order valence-corrected chi connectivity index (χ0v) is 19.6. The van der Waals surface area contributed by atoms with Gasteiger partial charge in [-0.25, -0.2) is 8.42 Å². The van der Waals surface area contributed by atoms with Gasteiger partial charge in [0.05, 0.1) is 15.1 Å². The van der Waals surface area contributed by atoms with Crippen LogP contribution in [0.3, 0.4) is 0 Å². The molecule has 4 aromatic rings. The molecule has 31 heavy (non-hydrogen) atoms. The smallest absolute Gasteiger partial charge is 0.296 e. The molecule has 0 unspecified atom stereocenters. The van der Waals surface area contributed by atoms with Gasteiger partial charge in [-0.05, 0) is 61.9 Å². The van der Waals surface area contributed by atoms with E-state index in [1.807, 2.05) is 44.2 Å². The number of thioether (sulfide) groups is 1. The van der Waals surface area contributed by atoms with Crippen molar-refractivity contribution in [3.8, 4) is 0 Å². The number of fused-ring (bicyclic) bond motifs is 1. The number of hydrogen-bond acceptors (Lipinski definition) is 5. The first kappa shape index (κ1) is 21.7. The van der Waals surface area contributed by atoms with E-state index in [1.165, 1.54) is 4.90 Å². The van der Waals surface area contributed by atoms with Crippen molar-refractivity contribution < 1.29 is 8.42 Å². The lowest BCUT2D eigenvalue weighted by atomic mass is 10.2. The van der Waals surface area contributed by atoms with Crippen LogP contribution in [0.4, 0.5) is 5.69 Å². The van der Waals surface area contributed by atoms with Crippen molar-refractivity contribution in [1.29, 1.82) is 0 Å². The van der Waals surface area contributed by atoms with Crippen molar-refractivity contribution in [3.63, 3.8) is 0 Å². The minimum absolute atomic E-state index is 0.0143. The highest BCUT2D eigenvalue weighted by molar-refractivity contribution is 7.98. The lowest BCUT2D eigenvalue weighted by molar-refractivity contribution is 0.601. The number of thiazole rings is 1. The summed E-state index contributed by atoms with van der Waals surface area (Å²) in [4.78, 5) is 13.5. The van der Waals surface area contributed by atoms with E-state index in [2.05, 4.69) is 16.9 Å². The van der Waals surface area contributed by atoms with Crippen LogP contribution in [0.2, 0.25) is 0 Å². The third-order valence-electron chi connectivity index (χ3n) is 4.77. The third kappa shape index (κ3) is 4.87. The molecular formula is C23H22N2O3S3. The van der Waals surface area contributed by atoms with Gasteiger partial charge in [-0.2, -0.15) is 0 Å². The number of anilines is 1. The van der Waals surface area contributed by atoms with Gasteiger partial charge in [0.2, 0.25) is 0 Å². The first-order valence-corrected chi connectivity index (χ1v) is 13.1. The van der Waals surface area contributed by atoms with Gasteiger partial charge >= 0.3 is 4.87 Å². The Morgan fingerprint density at radius 2 is 1.71 bits per heavy atom. The predicted octanol–water partition coefficient (Wildman–Crippen LogP) is 5.74. The van der Waals surface area contributed by atoms with Gasteiger partial charge in [-0.1, -0.05) is 41.7 Å². The van der Waals surface area contributed by atoms with Crippen LogP contribution in [-0.2, 0) is 15.8 Å². The van der Waals surface area contributed by atoms with Crippen LogP contribution in [0.1, 0.15) is 25.5 Å². The number of benzene rings is 3. The van der Waals surface area contributed by atoms with E-state index in [-0.39, 0.29) is 15.8 Å². The summed E-state index contributed by atoms with van der Waals surface area (Å²) in [6, 6.07) is 22.3. The fraction of sp³-hybridized carbons (Fsp3) is 0.174. The minimum Gasteiger partial charge on any atom is -0.296 e. The van der Waals surface area contributed by atoms with Crippen LogP contribution in [0.25, 0.3) is 10.2 Å². The Morgan fingerprint density at radius 1 is 1.00 bits per heavy atom. The second-order valence-electron chi connectivity index (χ2n) is 7.37.